The van der Waals surface area contributed by atoms with Crippen LogP contribution < -0.4 is 10.6 Å². The average molecular weight is 261 g/mol. The highest BCUT2D eigenvalue weighted by atomic mass is 35.5. The Morgan fingerprint density at radius 3 is 2.61 bits per heavy atom. The summed E-state index contributed by atoms with van der Waals surface area (Å²) in [4.78, 5) is 2.14. The molecule has 18 heavy (non-hydrogen) atoms. The van der Waals surface area contributed by atoms with Gasteiger partial charge in [0, 0.05) is 30.0 Å². The van der Waals surface area contributed by atoms with E-state index in [1.54, 1.807) is 0 Å². The lowest BCUT2D eigenvalue weighted by molar-refractivity contribution is 1.06. The number of aryl methyl sites for hydroxylation is 1. The topological polar surface area (TPSA) is 29.3 Å². The molecule has 0 amide bonds. The molecule has 2 aromatic rings. The van der Waals surface area contributed by atoms with Crippen LogP contribution in [-0.4, -0.2) is 7.05 Å². The largest absolute Gasteiger partial charge is 0.344 e. The van der Waals surface area contributed by atoms with Crippen LogP contribution in [-0.2, 0) is 6.54 Å². The van der Waals surface area contributed by atoms with Crippen molar-refractivity contribution >= 4 is 23.0 Å². The zero-order valence-electron chi connectivity index (χ0n) is 10.7. The molecule has 0 aliphatic rings. The van der Waals surface area contributed by atoms with Crippen molar-refractivity contribution in [3.05, 3.63) is 58.6 Å². The molecule has 0 aromatic heterocycles. The molecule has 94 valence electrons. The molecular weight excluding hydrogens is 244 g/mol. The van der Waals surface area contributed by atoms with Gasteiger partial charge in [-0.25, -0.2) is 0 Å². The first kappa shape index (κ1) is 12.9. The van der Waals surface area contributed by atoms with Gasteiger partial charge in [-0.15, -0.1) is 0 Å². The van der Waals surface area contributed by atoms with Gasteiger partial charge in [-0.05, 0) is 48.4 Å². The summed E-state index contributed by atoms with van der Waals surface area (Å²) in [6, 6.07) is 14.2. The molecule has 0 saturated carbocycles. The first-order valence-electron chi connectivity index (χ1n) is 5.90. The molecule has 0 atom stereocenters. The number of hydrogen-bond acceptors (Lipinski definition) is 2. The zero-order chi connectivity index (χ0) is 13.1. The van der Waals surface area contributed by atoms with Gasteiger partial charge in [-0.2, -0.15) is 0 Å². The van der Waals surface area contributed by atoms with Gasteiger partial charge in [0.05, 0.1) is 0 Å². The average Bonchev–Trinajstić information content (AvgIpc) is 2.38. The molecule has 0 spiro atoms. The minimum absolute atomic E-state index is 0.557. The summed E-state index contributed by atoms with van der Waals surface area (Å²) in [5.74, 6) is 0. The van der Waals surface area contributed by atoms with Crippen molar-refractivity contribution < 1.29 is 0 Å². The van der Waals surface area contributed by atoms with Crippen LogP contribution in [0.2, 0.25) is 5.02 Å². The Hall–Kier alpha value is -1.51. The molecule has 0 unspecified atom stereocenters. The normalized spacial score (nSPS) is 10.4. The van der Waals surface area contributed by atoms with E-state index in [2.05, 4.69) is 24.0 Å². The van der Waals surface area contributed by atoms with E-state index in [0.29, 0.717) is 6.54 Å². The second-order valence-electron chi connectivity index (χ2n) is 4.36. The summed E-state index contributed by atoms with van der Waals surface area (Å²) in [5, 5.41) is 0.764. The van der Waals surface area contributed by atoms with Crippen LogP contribution in [0, 0.1) is 6.92 Å². The molecule has 2 N–H and O–H groups in total. The summed E-state index contributed by atoms with van der Waals surface area (Å²) in [6.45, 7) is 2.62. The van der Waals surface area contributed by atoms with Crippen molar-refractivity contribution in [1.82, 2.24) is 0 Å². The molecular formula is C15H17ClN2. The van der Waals surface area contributed by atoms with Gasteiger partial charge in [0.25, 0.3) is 0 Å². The Morgan fingerprint density at radius 2 is 1.94 bits per heavy atom. The van der Waals surface area contributed by atoms with Gasteiger partial charge < -0.3 is 10.6 Å². The zero-order valence-corrected chi connectivity index (χ0v) is 11.4. The van der Waals surface area contributed by atoms with Crippen molar-refractivity contribution in [1.29, 1.82) is 0 Å². The van der Waals surface area contributed by atoms with E-state index < -0.39 is 0 Å². The fourth-order valence-electron chi connectivity index (χ4n) is 2.03. The predicted octanol–water partition coefficient (Wildman–Crippen LogP) is 3.88. The van der Waals surface area contributed by atoms with E-state index >= 15 is 0 Å². The number of halogens is 1. The molecule has 2 nitrogen and oxygen atoms in total. The Bertz CT molecular complexity index is 552. The number of hydrogen-bond donors (Lipinski definition) is 1. The summed E-state index contributed by atoms with van der Waals surface area (Å²) in [7, 11) is 2.05. The highest BCUT2D eigenvalue weighted by Gasteiger charge is 2.07. The third kappa shape index (κ3) is 2.66. The smallest absolute Gasteiger partial charge is 0.0438 e. The monoisotopic (exact) mass is 260 g/mol. The number of anilines is 2. The molecule has 0 saturated heterocycles. The lowest BCUT2D eigenvalue weighted by atomic mass is 10.1. The summed E-state index contributed by atoms with van der Waals surface area (Å²) in [6.07, 6.45) is 0. The molecule has 0 heterocycles. The van der Waals surface area contributed by atoms with E-state index in [-0.39, 0.29) is 0 Å². The van der Waals surface area contributed by atoms with Gasteiger partial charge in [0.2, 0.25) is 0 Å². The molecule has 0 aliphatic heterocycles. The Kier molecular flexibility index (Phi) is 3.90. The minimum Gasteiger partial charge on any atom is -0.344 e. The first-order chi connectivity index (χ1) is 8.61. The van der Waals surface area contributed by atoms with Crippen molar-refractivity contribution in [2.45, 2.75) is 13.5 Å². The fraction of sp³-hybridized carbons (Fsp3) is 0.200. The summed E-state index contributed by atoms with van der Waals surface area (Å²) in [5.41, 5.74) is 10.2. The molecule has 2 aromatic carbocycles. The molecule has 0 bridgehead atoms. The highest BCUT2D eigenvalue weighted by Crippen LogP contribution is 2.29. The minimum atomic E-state index is 0.557. The fourth-order valence-corrected chi connectivity index (χ4v) is 2.25. The lowest BCUT2D eigenvalue weighted by Crippen LogP contribution is -2.11. The van der Waals surface area contributed by atoms with Gasteiger partial charge in [-0.3, -0.25) is 0 Å². The second kappa shape index (κ2) is 5.42. The maximum absolute atomic E-state index is 5.98. The second-order valence-corrected chi connectivity index (χ2v) is 4.80. The van der Waals surface area contributed by atoms with Crippen molar-refractivity contribution in [2.75, 3.05) is 11.9 Å². The van der Waals surface area contributed by atoms with Crippen LogP contribution in [0.5, 0.6) is 0 Å². The first-order valence-corrected chi connectivity index (χ1v) is 6.28. The number of rotatable bonds is 3. The SMILES string of the molecule is Cc1cc(Cl)ccc1N(C)c1cccc(CN)c1. The van der Waals surface area contributed by atoms with Gasteiger partial charge in [0.1, 0.15) is 0 Å². The summed E-state index contributed by atoms with van der Waals surface area (Å²) >= 11 is 5.98. The van der Waals surface area contributed by atoms with Crippen LogP contribution >= 0.6 is 11.6 Å². The number of nitrogens with two attached hydrogens (primary N) is 1. The number of nitrogens with zero attached hydrogens (tertiary/aromatic N) is 1. The summed E-state index contributed by atoms with van der Waals surface area (Å²) < 4.78 is 0. The van der Waals surface area contributed by atoms with Crippen LogP contribution in [0.4, 0.5) is 11.4 Å². The van der Waals surface area contributed by atoms with Crippen molar-refractivity contribution in [3.63, 3.8) is 0 Å². The highest BCUT2D eigenvalue weighted by molar-refractivity contribution is 6.30. The van der Waals surface area contributed by atoms with Crippen molar-refractivity contribution in [3.8, 4) is 0 Å². The standard InChI is InChI=1S/C15H17ClN2/c1-11-8-13(16)6-7-15(11)18(2)14-5-3-4-12(9-14)10-17/h3-9H,10,17H2,1-2H3. The van der Waals surface area contributed by atoms with E-state index in [1.807, 2.05) is 37.4 Å². The van der Waals surface area contributed by atoms with Gasteiger partial charge in [0.15, 0.2) is 0 Å². The van der Waals surface area contributed by atoms with Gasteiger partial charge >= 0.3 is 0 Å². The number of benzene rings is 2. The quantitative estimate of drug-likeness (QED) is 0.908. The Balaban J connectivity index is 2.37. The van der Waals surface area contributed by atoms with E-state index in [9.17, 15) is 0 Å². The Morgan fingerprint density at radius 1 is 1.17 bits per heavy atom. The van der Waals surface area contributed by atoms with Gasteiger partial charge in [-0.1, -0.05) is 23.7 Å². The predicted molar refractivity (Wildman–Crippen MR) is 78.6 cm³/mol. The molecule has 3 heteroatoms. The van der Waals surface area contributed by atoms with E-state index in [4.69, 9.17) is 17.3 Å². The van der Waals surface area contributed by atoms with Crippen LogP contribution in [0.25, 0.3) is 0 Å². The molecule has 0 fully saturated rings. The van der Waals surface area contributed by atoms with Crippen LogP contribution in [0.1, 0.15) is 11.1 Å². The maximum Gasteiger partial charge on any atom is 0.0438 e. The molecule has 2 rings (SSSR count). The van der Waals surface area contributed by atoms with E-state index in [0.717, 1.165) is 27.5 Å². The Labute approximate surface area is 113 Å². The van der Waals surface area contributed by atoms with Crippen LogP contribution in [0.15, 0.2) is 42.5 Å². The van der Waals surface area contributed by atoms with Crippen molar-refractivity contribution in [2.24, 2.45) is 5.73 Å². The van der Waals surface area contributed by atoms with E-state index in [1.165, 1.54) is 0 Å². The molecule has 0 aliphatic carbocycles. The lowest BCUT2D eigenvalue weighted by Gasteiger charge is -2.22. The molecule has 0 radical (unpaired) electrons. The van der Waals surface area contributed by atoms with Crippen LogP contribution in [0.3, 0.4) is 0 Å². The third-order valence-corrected chi connectivity index (χ3v) is 3.29. The maximum atomic E-state index is 5.98. The third-order valence-electron chi connectivity index (χ3n) is 3.05.